The van der Waals surface area contributed by atoms with E-state index in [-0.39, 0.29) is 17.8 Å². The van der Waals surface area contributed by atoms with Crippen LogP contribution in [0.2, 0.25) is 0 Å². The minimum Gasteiger partial charge on any atom is -0.300 e. The van der Waals surface area contributed by atoms with Crippen LogP contribution in [-0.4, -0.2) is 47.7 Å². The van der Waals surface area contributed by atoms with Crippen LogP contribution < -0.4 is 5.32 Å². The van der Waals surface area contributed by atoms with Crippen molar-refractivity contribution < 1.29 is 4.39 Å². The molecule has 3 saturated heterocycles. The van der Waals surface area contributed by atoms with E-state index in [9.17, 15) is 9.65 Å². The van der Waals surface area contributed by atoms with Crippen molar-refractivity contribution in [1.29, 1.82) is 5.26 Å². The van der Waals surface area contributed by atoms with Gasteiger partial charge < -0.3 is 4.90 Å². The summed E-state index contributed by atoms with van der Waals surface area (Å²) in [6.07, 6.45) is 7.11. The molecule has 5 heteroatoms. The number of nitrogens with one attached hydrogen (secondary N) is 1. The van der Waals surface area contributed by atoms with Gasteiger partial charge in [-0.3, -0.25) is 10.2 Å². The first kappa shape index (κ1) is 18.9. The zero-order valence-corrected chi connectivity index (χ0v) is 16.3. The molecule has 3 heterocycles. The van der Waals surface area contributed by atoms with Crippen LogP contribution in [0.5, 0.6) is 0 Å². The summed E-state index contributed by atoms with van der Waals surface area (Å²) in [4.78, 5) is 5.24. The molecule has 4 rings (SSSR count). The number of nitriles is 1. The highest BCUT2D eigenvalue weighted by atomic mass is 19.1. The van der Waals surface area contributed by atoms with Gasteiger partial charge in [0.25, 0.3) is 0 Å². The second kappa shape index (κ2) is 8.26. The highest BCUT2D eigenvalue weighted by molar-refractivity contribution is 5.21. The summed E-state index contributed by atoms with van der Waals surface area (Å²) >= 11 is 0. The summed E-state index contributed by atoms with van der Waals surface area (Å²) in [5, 5.41) is 13.1. The van der Waals surface area contributed by atoms with Crippen molar-refractivity contribution in [3.8, 4) is 6.07 Å². The summed E-state index contributed by atoms with van der Waals surface area (Å²) in [7, 11) is 0. The van der Waals surface area contributed by atoms with Crippen LogP contribution in [0.4, 0.5) is 4.39 Å². The normalized spacial score (nSPS) is 33.8. The molecule has 1 aromatic carbocycles. The van der Waals surface area contributed by atoms with Crippen LogP contribution in [0.25, 0.3) is 0 Å². The number of hydrogen-bond donors (Lipinski definition) is 1. The Morgan fingerprint density at radius 1 is 1.07 bits per heavy atom. The molecule has 146 valence electrons. The topological polar surface area (TPSA) is 42.3 Å². The lowest BCUT2D eigenvalue weighted by molar-refractivity contribution is 0.0377. The van der Waals surface area contributed by atoms with Crippen LogP contribution in [0.15, 0.2) is 24.3 Å². The fraction of sp³-hybridized carbons (Fsp3) is 0.682. The summed E-state index contributed by atoms with van der Waals surface area (Å²) in [5.41, 5.74) is 1.19. The van der Waals surface area contributed by atoms with Crippen molar-refractivity contribution in [3.05, 3.63) is 35.6 Å². The second-order valence-electron chi connectivity index (χ2n) is 8.58. The first-order valence-corrected chi connectivity index (χ1v) is 10.5. The molecule has 0 spiro atoms. The maximum atomic E-state index is 13.4. The Labute approximate surface area is 162 Å². The zero-order valence-electron chi connectivity index (χ0n) is 16.3. The molecule has 4 unspecified atom stereocenters. The lowest BCUT2D eigenvalue weighted by atomic mass is 9.88. The molecular formula is C22H31FN4. The van der Waals surface area contributed by atoms with Crippen LogP contribution in [0, 0.1) is 23.1 Å². The van der Waals surface area contributed by atoms with Crippen molar-refractivity contribution in [3.63, 3.8) is 0 Å². The van der Waals surface area contributed by atoms with Gasteiger partial charge in [0.1, 0.15) is 5.82 Å². The van der Waals surface area contributed by atoms with Gasteiger partial charge in [-0.2, -0.15) is 5.26 Å². The predicted octanol–water partition coefficient (Wildman–Crippen LogP) is 3.66. The molecule has 0 radical (unpaired) electrons. The minimum atomic E-state index is -0.172. The second-order valence-corrected chi connectivity index (χ2v) is 8.58. The SMILES string of the molecule is CC1CCCN1C1CC(N2CCC(C#N)CC2)CC(c2ccc(F)cc2)N1. The van der Waals surface area contributed by atoms with Gasteiger partial charge in [-0.1, -0.05) is 12.1 Å². The largest absolute Gasteiger partial charge is 0.300 e. The molecule has 0 saturated carbocycles. The van der Waals surface area contributed by atoms with Crippen molar-refractivity contribution in [2.45, 2.75) is 69.7 Å². The molecule has 3 aliphatic rings. The van der Waals surface area contributed by atoms with Gasteiger partial charge in [0.05, 0.1) is 12.2 Å². The molecule has 0 bridgehead atoms. The molecule has 1 aromatic rings. The van der Waals surface area contributed by atoms with E-state index in [0.717, 1.165) is 45.3 Å². The Morgan fingerprint density at radius 2 is 1.81 bits per heavy atom. The van der Waals surface area contributed by atoms with E-state index in [1.807, 2.05) is 12.1 Å². The average Bonchev–Trinajstić information content (AvgIpc) is 3.14. The molecular weight excluding hydrogens is 339 g/mol. The fourth-order valence-corrected chi connectivity index (χ4v) is 5.26. The average molecular weight is 371 g/mol. The zero-order chi connectivity index (χ0) is 18.8. The Morgan fingerprint density at radius 3 is 2.44 bits per heavy atom. The molecule has 0 amide bonds. The number of nitrogens with zero attached hydrogens (tertiary/aromatic N) is 3. The van der Waals surface area contributed by atoms with E-state index in [0.29, 0.717) is 18.2 Å². The number of likely N-dealkylation sites (tertiary alicyclic amines) is 2. The number of benzene rings is 1. The number of piperidine rings is 2. The predicted molar refractivity (Wildman–Crippen MR) is 104 cm³/mol. The standard InChI is InChI=1S/C22H31FN4/c1-16-3-2-10-27(16)22-14-20(26-11-8-17(15-24)9-12-26)13-21(25-22)18-4-6-19(23)7-5-18/h4-7,16-17,20-22,25H,2-3,8-14H2,1H3. The van der Waals surface area contributed by atoms with Crippen molar-refractivity contribution in [2.24, 2.45) is 5.92 Å². The van der Waals surface area contributed by atoms with Gasteiger partial charge in [0.15, 0.2) is 0 Å². The molecule has 0 aromatic heterocycles. The molecule has 3 aliphatic heterocycles. The van der Waals surface area contributed by atoms with E-state index >= 15 is 0 Å². The third-order valence-electron chi connectivity index (χ3n) is 6.90. The van der Waals surface area contributed by atoms with Crippen LogP contribution in [0.3, 0.4) is 0 Å². The molecule has 27 heavy (non-hydrogen) atoms. The first-order valence-electron chi connectivity index (χ1n) is 10.5. The van der Waals surface area contributed by atoms with Gasteiger partial charge in [0.2, 0.25) is 0 Å². The highest BCUT2D eigenvalue weighted by Gasteiger charge is 2.38. The quantitative estimate of drug-likeness (QED) is 0.882. The summed E-state index contributed by atoms with van der Waals surface area (Å²) in [6.45, 7) is 5.56. The lowest BCUT2D eigenvalue weighted by Crippen LogP contribution is -2.57. The Kier molecular flexibility index (Phi) is 5.77. The van der Waals surface area contributed by atoms with E-state index in [2.05, 4.69) is 28.1 Å². The van der Waals surface area contributed by atoms with Gasteiger partial charge in [-0.05, 0) is 82.8 Å². The molecule has 4 nitrogen and oxygen atoms in total. The molecule has 1 N–H and O–H groups in total. The number of rotatable bonds is 3. The molecule has 3 fully saturated rings. The summed E-state index contributed by atoms with van der Waals surface area (Å²) < 4.78 is 13.4. The monoisotopic (exact) mass is 370 g/mol. The first-order chi connectivity index (χ1) is 13.1. The fourth-order valence-electron chi connectivity index (χ4n) is 5.26. The van der Waals surface area contributed by atoms with Crippen LogP contribution in [-0.2, 0) is 0 Å². The number of halogens is 1. The van der Waals surface area contributed by atoms with Crippen LogP contribution >= 0.6 is 0 Å². The van der Waals surface area contributed by atoms with Gasteiger partial charge in [-0.25, -0.2) is 4.39 Å². The molecule has 4 atom stereocenters. The van der Waals surface area contributed by atoms with E-state index in [1.165, 1.54) is 18.4 Å². The van der Waals surface area contributed by atoms with Gasteiger partial charge >= 0.3 is 0 Å². The third kappa shape index (κ3) is 4.18. The summed E-state index contributed by atoms with van der Waals surface area (Å²) in [6, 6.07) is 10.9. The lowest BCUT2D eigenvalue weighted by Gasteiger charge is -2.47. The van der Waals surface area contributed by atoms with Crippen molar-refractivity contribution in [1.82, 2.24) is 15.1 Å². The summed E-state index contributed by atoms with van der Waals surface area (Å²) in [5.74, 6) is 0.0552. The smallest absolute Gasteiger partial charge is 0.123 e. The van der Waals surface area contributed by atoms with E-state index in [1.54, 1.807) is 12.1 Å². The highest BCUT2D eigenvalue weighted by Crippen LogP contribution is 2.34. The maximum absolute atomic E-state index is 13.4. The van der Waals surface area contributed by atoms with Crippen LogP contribution in [0.1, 0.15) is 57.1 Å². The van der Waals surface area contributed by atoms with Crippen molar-refractivity contribution >= 4 is 0 Å². The number of hydrogen-bond acceptors (Lipinski definition) is 4. The minimum absolute atomic E-state index is 0.172. The molecule has 0 aliphatic carbocycles. The van der Waals surface area contributed by atoms with E-state index < -0.39 is 0 Å². The Bertz CT molecular complexity index is 662. The third-order valence-corrected chi connectivity index (χ3v) is 6.90. The Hall–Kier alpha value is -1.48. The van der Waals surface area contributed by atoms with E-state index in [4.69, 9.17) is 0 Å². The Balaban J connectivity index is 1.52. The van der Waals surface area contributed by atoms with Gasteiger partial charge in [-0.15, -0.1) is 0 Å². The maximum Gasteiger partial charge on any atom is 0.123 e. The van der Waals surface area contributed by atoms with Gasteiger partial charge in [0, 0.05) is 24.0 Å². The van der Waals surface area contributed by atoms with Crippen molar-refractivity contribution in [2.75, 3.05) is 19.6 Å².